The number of nitrogens with two attached hydrogens (primary N) is 1. The van der Waals surface area contributed by atoms with Gasteiger partial charge in [-0.1, -0.05) is 0 Å². The zero-order chi connectivity index (χ0) is 13.9. The Bertz CT molecular complexity index is 573. The largest absolute Gasteiger partial charge is 0.351 e. The summed E-state index contributed by atoms with van der Waals surface area (Å²) in [6, 6.07) is 1.57. The lowest BCUT2D eigenvalue weighted by Crippen LogP contribution is -2.35. The van der Waals surface area contributed by atoms with Crippen LogP contribution in [0.4, 0.5) is 5.69 Å². The minimum Gasteiger partial charge on any atom is -0.351 e. The van der Waals surface area contributed by atoms with Crippen LogP contribution in [-0.2, 0) is 9.84 Å². The van der Waals surface area contributed by atoms with Gasteiger partial charge in [-0.2, -0.15) is 0 Å². The zero-order valence-electron chi connectivity index (χ0n) is 10.3. The number of amides is 1. The summed E-state index contributed by atoms with van der Waals surface area (Å²) in [5.41, 5.74) is 3.14. The smallest absolute Gasteiger partial charge is 0.255 e. The molecule has 1 fully saturated rings. The predicted molar refractivity (Wildman–Crippen MR) is 71.2 cm³/mol. The van der Waals surface area contributed by atoms with E-state index in [9.17, 15) is 13.2 Å². The summed E-state index contributed by atoms with van der Waals surface area (Å²) in [6.45, 7) is 0.125. The molecule has 0 aliphatic carbocycles. The lowest BCUT2D eigenvalue weighted by molar-refractivity contribution is 0.0954. The third-order valence-electron chi connectivity index (χ3n) is 3.17. The van der Waals surface area contributed by atoms with E-state index in [0.717, 1.165) is 0 Å². The van der Waals surface area contributed by atoms with Crippen LogP contribution in [0.3, 0.4) is 0 Å². The fourth-order valence-corrected chi connectivity index (χ4v) is 3.86. The number of aromatic nitrogens is 1. The minimum atomic E-state index is -3.05. The van der Waals surface area contributed by atoms with Crippen LogP contribution >= 0.6 is 0 Å². The topological polar surface area (TPSA) is 114 Å². The Kier molecular flexibility index (Phi) is 4.01. The summed E-state index contributed by atoms with van der Waals surface area (Å²) < 4.78 is 23.3. The SMILES string of the molecule is NNc1ccncc1C(=O)NCC1CCCS1(=O)=O. The van der Waals surface area contributed by atoms with Crippen LogP contribution in [0.25, 0.3) is 0 Å². The Balaban J connectivity index is 2.02. The quantitative estimate of drug-likeness (QED) is 0.515. The van der Waals surface area contributed by atoms with Crippen LogP contribution in [0.15, 0.2) is 18.5 Å². The minimum absolute atomic E-state index is 0.125. The van der Waals surface area contributed by atoms with Gasteiger partial charge in [-0.15, -0.1) is 0 Å². The summed E-state index contributed by atoms with van der Waals surface area (Å²) in [4.78, 5) is 15.8. The number of nitrogens with one attached hydrogen (secondary N) is 2. The lowest BCUT2D eigenvalue weighted by atomic mass is 10.2. The zero-order valence-corrected chi connectivity index (χ0v) is 11.1. The molecule has 19 heavy (non-hydrogen) atoms. The molecule has 1 aliphatic rings. The molecule has 2 rings (SSSR count). The molecule has 1 aromatic rings. The van der Waals surface area contributed by atoms with Gasteiger partial charge in [0.2, 0.25) is 0 Å². The molecule has 4 N–H and O–H groups in total. The van der Waals surface area contributed by atoms with Gasteiger partial charge in [-0.25, -0.2) is 8.42 Å². The summed E-state index contributed by atoms with van der Waals surface area (Å²) in [7, 11) is -3.05. The van der Waals surface area contributed by atoms with Crippen molar-refractivity contribution in [3.8, 4) is 0 Å². The maximum absolute atomic E-state index is 12.0. The van der Waals surface area contributed by atoms with Crippen LogP contribution in [0, 0.1) is 0 Å². The molecule has 1 unspecified atom stereocenters. The van der Waals surface area contributed by atoms with E-state index in [4.69, 9.17) is 5.84 Å². The second-order valence-electron chi connectivity index (χ2n) is 4.41. The highest BCUT2D eigenvalue weighted by Crippen LogP contribution is 2.19. The van der Waals surface area contributed by atoms with Crippen LogP contribution < -0.4 is 16.6 Å². The molecule has 1 amide bonds. The van der Waals surface area contributed by atoms with Crippen LogP contribution in [0.2, 0.25) is 0 Å². The third-order valence-corrected chi connectivity index (χ3v) is 5.45. The molecule has 104 valence electrons. The van der Waals surface area contributed by atoms with Crippen LogP contribution in [-0.4, -0.2) is 36.9 Å². The molecular formula is C11H16N4O3S. The number of nitrogen functional groups attached to an aromatic ring is 1. The molecule has 1 saturated heterocycles. The number of carbonyl (C=O) groups is 1. The van der Waals surface area contributed by atoms with Crippen molar-refractivity contribution in [2.24, 2.45) is 5.84 Å². The van der Waals surface area contributed by atoms with E-state index in [2.05, 4.69) is 15.7 Å². The third kappa shape index (κ3) is 3.02. The van der Waals surface area contributed by atoms with Gasteiger partial charge in [0.25, 0.3) is 5.91 Å². The first-order chi connectivity index (χ1) is 9.04. The maximum Gasteiger partial charge on any atom is 0.255 e. The Labute approximate surface area is 111 Å². The fraction of sp³-hybridized carbons (Fsp3) is 0.455. The van der Waals surface area contributed by atoms with Gasteiger partial charge >= 0.3 is 0 Å². The molecule has 0 bridgehead atoms. The van der Waals surface area contributed by atoms with E-state index in [0.29, 0.717) is 24.1 Å². The van der Waals surface area contributed by atoms with Gasteiger partial charge in [0.15, 0.2) is 9.84 Å². The highest BCUT2D eigenvalue weighted by molar-refractivity contribution is 7.92. The van der Waals surface area contributed by atoms with E-state index < -0.39 is 15.1 Å². The van der Waals surface area contributed by atoms with Crippen molar-refractivity contribution in [3.05, 3.63) is 24.0 Å². The molecular weight excluding hydrogens is 268 g/mol. The first-order valence-corrected chi connectivity index (χ1v) is 7.66. The number of hydrazine groups is 1. The van der Waals surface area contributed by atoms with Crippen molar-refractivity contribution in [2.75, 3.05) is 17.7 Å². The Morgan fingerprint density at radius 2 is 2.32 bits per heavy atom. The monoisotopic (exact) mass is 284 g/mol. The molecule has 0 radical (unpaired) electrons. The highest BCUT2D eigenvalue weighted by Gasteiger charge is 2.31. The van der Waals surface area contributed by atoms with E-state index in [1.807, 2.05) is 0 Å². The molecule has 1 aliphatic heterocycles. The second-order valence-corrected chi connectivity index (χ2v) is 6.81. The van der Waals surface area contributed by atoms with Crippen molar-refractivity contribution in [1.29, 1.82) is 0 Å². The highest BCUT2D eigenvalue weighted by atomic mass is 32.2. The summed E-state index contributed by atoms with van der Waals surface area (Å²) in [5.74, 6) is 5.11. The number of hydrogen-bond donors (Lipinski definition) is 3. The number of sulfone groups is 1. The van der Waals surface area contributed by atoms with Crippen molar-refractivity contribution in [1.82, 2.24) is 10.3 Å². The molecule has 7 nitrogen and oxygen atoms in total. The van der Waals surface area contributed by atoms with E-state index in [1.54, 1.807) is 6.07 Å². The molecule has 8 heteroatoms. The fourth-order valence-electron chi connectivity index (χ4n) is 2.09. The first kappa shape index (κ1) is 13.8. The summed E-state index contributed by atoms with van der Waals surface area (Å²) in [5, 5.41) is 2.13. The number of nitrogens with zero attached hydrogens (tertiary/aromatic N) is 1. The Morgan fingerprint density at radius 3 is 2.95 bits per heavy atom. The molecule has 1 atom stereocenters. The Hall–Kier alpha value is -1.67. The Morgan fingerprint density at radius 1 is 1.53 bits per heavy atom. The molecule has 2 heterocycles. The second kappa shape index (κ2) is 5.54. The number of hydrogen-bond acceptors (Lipinski definition) is 6. The molecule has 0 spiro atoms. The van der Waals surface area contributed by atoms with Gasteiger partial charge < -0.3 is 10.7 Å². The van der Waals surface area contributed by atoms with E-state index in [-0.39, 0.29) is 18.2 Å². The number of rotatable bonds is 4. The molecule has 0 saturated carbocycles. The normalized spacial score (nSPS) is 21.0. The van der Waals surface area contributed by atoms with E-state index in [1.165, 1.54) is 12.4 Å². The number of pyridine rings is 1. The molecule has 1 aromatic heterocycles. The maximum atomic E-state index is 12.0. The van der Waals surface area contributed by atoms with Crippen LogP contribution in [0.1, 0.15) is 23.2 Å². The van der Waals surface area contributed by atoms with Gasteiger partial charge in [0.1, 0.15) is 0 Å². The van der Waals surface area contributed by atoms with Gasteiger partial charge in [-0.05, 0) is 18.9 Å². The van der Waals surface area contributed by atoms with E-state index >= 15 is 0 Å². The molecule has 0 aromatic carbocycles. The van der Waals surface area contributed by atoms with Gasteiger partial charge in [0, 0.05) is 18.9 Å². The van der Waals surface area contributed by atoms with Crippen LogP contribution in [0.5, 0.6) is 0 Å². The number of anilines is 1. The van der Waals surface area contributed by atoms with Crippen molar-refractivity contribution >= 4 is 21.4 Å². The standard InChI is InChI=1S/C11H16N4O3S/c12-15-10-3-4-13-7-9(10)11(16)14-6-8-2-1-5-19(8,17)18/h3-4,7-8H,1-2,5-6,12H2,(H,13,15)(H,14,16). The lowest BCUT2D eigenvalue weighted by Gasteiger charge is -2.12. The first-order valence-electron chi connectivity index (χ1n) is 5.95. The average molecular weight is 284 g/mol. The number of carbonyl (C=O) groups excluding carboxylic acids is 1. The summed E-state index contributed by atoms with van der Waals surface area (Å²) >= 11 is 0. The predicted octanol–water partition coefficient (Wildman–Crippen LogP) is -0.326. The van der Waals surface area contributed by atoms with Gasteiger partial charge in [0.05, 0.1) is 22.3 Å². The summed E-state index contributed by atoms with van der Waals surface area (Å²) in [6.07, 6.45) is 4.14. The van der Waals surface area contributed by atoms with Crippen molar-refractivity contribution in [3.63, 3.8) is 0 Å². The van der Waals surface area contributed by atoms with Gasteiger partial charge in [-0.3, -0.25) is 15.6 Å². The van der Waals surface area contributed by atoms with Crippen molar-refractivity contribution in [2.45, 2.75) is 18.1 Å². The average Bonchev–Trinajstić information content (AvgIpc) is 2.75. The van der Waals surface area contributed by atoms with Crippen molar-refractivity contribution < 1.29 is 13.2 Å².